The van der Waals surface area contributed by atoms with Crippen molar-refractivity contribution >= 4 is 17.7 Å². The summed E-state index contributed by atoms with van der Waals surface area (Å²) in [6.45, 7) is 3.75. The lowest BCUT2D eigenvalue weighted by molar-refractivity contribution is -0.137. The maximum Gasteiger partial charge on any atom is 0.317 e. The van der Waals surface area contributed by atoms with E-state index in [-0.39, 0.29) is 5.92 Å². The highest BCUT2D eigenvalue weighted by Gasteiger charge is 2.24. The van der Waals surface area contributed by atoms with Gasteiger partial charge in [-0.25, -0.2) is 9.67 Å². The molecule has 1 heterocycles. The number of carbonyl (C=O) groups is 1. The van der Waals surface area contributed by atoms with Crippen molar-refractivity contribution in [3.8, 4) is 0 Å². The Labute approximate surface area is 86.5 Å². The lowest BCUT2D eigenvalue weighted by Gasteiger charge is -2.14. The first-order chi connectivity index (χ1) is 6.52. The summed E-state index contributed by atoms with van der Waals surface area (Å²) < 4.78 is 1.57. The number of thioether (sulfide) groups is 1. The summed E-state index contributed by atoms with van der Waals surface area (Å²) in [5, 5.41) is 13.0. The number of aromatic nitrogens is 3. The summed E-state index contributed by atoms with van der Waals surface area (Å²) in [5.74, 6) is -0.748. The highest BCUT2D eigenvalue weighted by atomic mass is 32.2. The molecule has 78 valence electrons. The molecular weight excluding hydrogens is 202 g/mol. The van der Waals surface area contributed by atoms with Gasteiger partial charge in [0, 0.05) is 7.05 Å². The number of aliphatic carboxylic acids is 1. The third-order valence-corrected chi connectivity index (χ3v) is 3.33. The second-order valence-corrected chi connectivity index (χ2v) is 4.40. The molecule has 0 spiro atoms. The summed E-state index contributed by atoms with van der Waals surface area (Å²) in [5.41, 5.74) is 0. The fourth-order valence-electron chi connectivity index (χ4n) is 0.978. The van der Waals surface area contributed by atoms with Crippen molar-refractivity contribution in [2.24, 2.45) is 13.0 Å². The Balaban J connectivity index is 2.75. The fourth-order valence-corrected chi connectivity index (χ4v) is 1.89. The standard InChI is InChI=1S/C8H13N3O2S/c1-5(2)6(7(12)13)14-8-9-4-10-11(8)3/h4-6H,1-3H3,(H,12,13). The lowest BCUT2D eigenvalue weighted by Crippen LogP contribution is -2.23. The molecule has 1 unspecified atom stereocenters. The van der Waals surface area contributed by atoms with Crippen molar-refractivity contribution in [2.75, 3.05) is 0 Å². The van der Waals surface area contributed by atoms with Crippen LogP contribution in [0, 0.1) is 5.92 Å². The van der Waals surface area contributed by atoms with Crippen LogP contribution >= 0.6 is 11.8 Å². The van der Waals surface area contributed by atoms with E-state index < -0.39 is 11.2 Å². The Morgan fingerprint density at radius 1 is 1.64 bits per heavy atom. The minimum Gasteiger partial charge on any atom is -0.480 e. The number of carboxylic acid groups (broad SMARTS) is 1. The molecule has 0 radical (unpaired) electrons. The molecule has 1 aromatic heterocycles. The van der Waals surface area contributed by atoms with Crippen molar-refractivity contribution < 1.29 is 9.90 Å². The number of carboxylic acids is 1. The topological polar surface area (TPSA) is 68.0 Å². The van der Waals surface area contributed by atoms with E-state index in [2.05, 4.69) is 10.1 Å². The first-order valence-electron chi connectivity index (χ1n) is 4.26. The maximum absolute atomic E-state index is 10.9. The summed E-state index contributed by atoms with van der Waals surface area (Å²) >= 11 is 1.23. The van der Waals surface area contributed by atoms with Gasteiger partial charge in [-0.1, -0.05) is 25.6 Å². The van der Waals surface area contributed by atoms with Gasteiger partial charge in [-0.15, -0.1) is 0 Å². The summed E-state index contributed by atoms with van der Waals surface area (Å²) in [7, 11) is 1.74. The van der Waals surface area contributed by atoms with Gasteiger partial charge in [-0.3, -0.25) is 4.79 Å². The molecular formula is C8H13N3O2S. The van der Waals surface area contributed by atoms with Crippen LogP contribution in [0.4, 0.5) is 0 Å². The SMILES string of the molecule is CC(C)C(Sc1ncnn1C)C(=O)O. The molecule has 0 aliphatic heterocycles. The third kappa shape index (κ3) is 2.47. The second-order valence-electron chi connectivity index (χ2n) is 3.29. The molecule has 5 nitrogen and oxygen atoms in total. The van der Waals surface area contributed by atoms with Gasteiger partial charge in [0.2, 0.25) is 0 Å². The van der Waals surface area contributed by atoms with E-state index >= 15 is 0 Å². The summed E-state index contributed by atoms with van der Waals surface area (Å²) in [4.78, 5) is 14.9. The Morgan fingerprint density at radius 3 is 2.64 bits per heavy atom. The van der Waals surface area contributed by atoms with Crippen LogP contribution in [0.1, 0.15) is 13.8 Å². The van der Waals surface area contributed by atoms with Crippen LogP contribution in [0.2, 0.25) is 0 Å². The van der Waals surface area contributed by atoms with Crippen LogP contribution in [-0.2, 0) is 11.8 Å². The molecule has 1 rings (SSSR count). The van der Waals surface area contributed by atoms with Crippen molar-refractivity contribution in [3.63, 3.8) is 0 Å². The van der Waals surface area contributed by atoms with E-state index in [1.54, 1.807) is 11.7 Å². The summed E-state index contributed by atoms with van der Waals surface area (Å²) in [6, 6.07) is 0. The highest BCUT2D eigenvalue weighted by molar-refractivity contribution is 8.00. The molecule has 0 amide bonds. The quantitative estimate of drug-likeness (QED) is 0.759. The van der Waals surface area contributed by atoms with Crippen molar-refractivity contribution in [3.05, 3.63) is 6.33 Å². The largest absolute Gasteiger partial charge is 0.480 e. The van der Waals surface area contributed by atoms with Crippen LogP contribution in [0.5, 0.6) is 0 Å². The fraction of sp³-hybridized carbons (Fsp3) is 0.625. The predicted octanol–water partition coefficient (Wildman–Crippen LogP) is 1.02. The number of aryl methyl sites for hydroxylation is 1. The van der Waals surface area contributed by atoms with Crippen LogP contribution in [0.15, 0.2) is 11.5 Å². The minimum absolute atomic E-state index is 0.0641. The molecule has 6 heteroatoms. The molecule has 0 aromatic carbocycles. The average Bonchev–Trinajstić information content (AvgIpc) is 2.46. The van der Waals surface area contributed by atoms with E-state index in [0.717, 1.165) is 0 Å². The molecule has 14 heavy (non-hydrogen) atoms. The lowest BCUT2D eigenvalue weighted by atomic mass is 10.1. The number of hydrogen-bond acceptors (Lipinski definition) is 4. The number of rotatable bonds is 4. The van der Waals surface area contributed by atoms with Crippen LogP contribution in [-0.4, -0.2) is 31.1 Å². The van der Waals surface area contributed by atoms with E-state index in [4.69, 9.17) is 5.11 Å². The van der Waals surface area contributed by atoms with Gasteiger partial charge in [0.25, 0.3) is 0 Å². The van der Waals surface area contributed by atoms with Gasteiger partial charge in [0.15, 0.2) is 5.16 Å². The average molecular weight is 215 g/mol. The third-order valence-electron chi connectivity index (χ3n) is 1.75. The monoisotopic (exact) mass is 215 g/mol. The van der Waals surface area contributed by atoms with Crippen LogP contribution in [0.3, 0.4) is 0 Å². The van der Waals surface area contributed by atoms with Gasteiger partial charge in [-0.05, 0) is 5.92 Å². The molecule has 1 N–H and O–H groups in total. The zero-order valence-corrected chi connectivity index (χ0v) is 9.15. The van der Waals surface area contributed by atoms with E-state index in [1.807, 2.05) is 13.8 Å². The first kappa shape index (κ1) is 11.0. The Morgan fingerprint density at radius 2 is 2.29 bits per heavy atom. The normalized spacial score (nSPS) is 13.1. The molecule has 0 aliphatic rings. The van der Waals surface area contributed by atoms with Crippen molar-refractivity contribution in [1.82, 2.24) is 14.8 Å². The Hall–Kier alpha value is -1.04. The van der Waals surface area contributed by atoms with Crippen LogP contribution < -0.4 is 0 Å². The van der Waals surface area contributed by atoms with Crippen LogP contribution in [0.25, 0.3) is 0 Å². The summed E-state index contributed by atoms with van der Waals surface area (Å²) in [6.07, 6.45) is 1.42. The van der Waals surface area contributed by atoms with Crippen molar-refractivity contribution in [2.45, 2.75) is 24.3 Å². The first-order valence-corrected chi connectivity index (χ1v) is 5.13. The smallest absolute Gasteiger partial charge is 0.317 e. The molecule has 0 saturated heterocycles. The van der Waals surface area contributed by atoms with E-state index in [9.17, 15) is 4.79 Å². The highest BCUT2D eigenvalue weighted by Crippen LogP contribution is 2.25. The number of nitrogens with zero attached hydrogens (tertiary/aromatic N) is 3. The van der Waals surface area contributed by atoms with E-state index in [1.165, 1.54) is 18.1 Å². The molecule has 1 atom stereocenters. The Kier molecular flexibility index (Phi) is 3.51. The van der Waals surface area contributed by atoms with Gasteiger partial charge in [-0.2, -0.15) is 5.10 Å². The van der Waals surface area contributed by atoms with Crippen molar-refractivity contribution in [1.29, 1.82) is 0 Å². The molecule has 1 aromatic rings. The minimum atomic E-state index is -0.812. The predicted molar refractivity (Wildman–Crippen MR) is 53.1 cm³/mol. The van der Waals surface area contributed by atoms with Gasteiger partial charge >= 0.3 is 5.97 Å². The zero-order valence-electron chi connectivity index (χ0n) is 8.34. The molecule has 0 fully saturated rings. The Bertz CT molecular complexity index is 324. The molecule has 0 bridgehead atoms. The molecule has 0 saturated carbocycles. The van der Waals surface area contributed by atoms with Gasteiger partial charge in [0.1, 0.15) is 11.6 Å². The van der Waals surface area contributed by atoms with Gasteiger partial charge in [0.05, 0.1) is 0 Å². The molecule has 0 aliphatic carbocycles. The van der Waals surface area contributed by atoms with E-state index in [0.29, 0.717) is 5.16 Å². The second kappa shape index (κ2) is 4.45. The van der Waals surface area contributed by atoms with Gasteiger partial charge < -0.3 is 5.11 Å². The number of hydrogen-bond donors (Lipinski definition) is 1. The maximum atomic E-state index is 10.9. The zero-order chi connectivity index (χ0) is 10.7.